The summed E-state index contributed by atoms with van der Waals surface area (Å²) in [6, 6.07) is 6.30. The molecule has 1 unspecified atom stereocenters. The first kappa shape index (κ1) is 23.3. The second kappa shape index (κ2) is 10.3. The Balaban J connectivity index is 1.60. The average molecular weight is 476 g/mol. The summed E-state index contributed by atoms with van der Waals surface area (Å²) in [7, 11) is 1.66. The molecule has 1 aromatic carbocycles. The van der Waals surface area contributed by atoms with Crippen LogP contribution in [0.4, 0.5) is 0 Å². The smallest absolute Gasteiger partial charge is 0.201 e. The largest absolute Gasteiger partial charge is 0.493 e. The zero-order valence-electron chi connectivity index (χ0n) is 17.6. The number of alkyl halides is 1. The fraction of sp³-hybridized carbons (Fsp3) is 0.571. The van der Waals surface area contributed by atoms with Crippen LogP contribution in [0.5, 0.6) is 11.5 Å². The Labute approximate surface area is 193 Å². The number of rotatable bonds is 7. The molecule has 9 heteroatoms. The molecular weight excluding hydrogens is 447 g/mol. The molecule has 2 aliphatic rings. The molecule has 1 atom stereocenters. The number of amidine groups is 1. The summed E-state index contributed by atoms with van der Waals surface area (Å²) >= 11 is 19.0. The molecule has 6 nitrogen and oxygen atoms in total. The maximum absolute atomic E-state index is 6.41. The molecule has 166 valence electrons. The minimum atomic E-state index is -0.626. The van der Waals surface area contributed by atoms with E-state index in [9.17, 15) is 0 Å². The van der Waals surface area contributed by atoms with Crippen LogP contribution >= 0.6 is 34.8 Å². The van der Waals surface area contributed by atoms with Gasteiger partial charge < -0.3 is 20.1 Å². The summed E-state index contributed by atoms with van der Waals surface area (Å²) in [4.78, 5) is 8.46. The third-order valence-electron chi connectivity index (χ3n) is 5.26. The van der Waals surface area contributed by atoms with Gasteiger partial charge in [0.25, 0.3) is 0 Å². The van der Waals surface area contributed by atoms with E-state index >= 15 is 0 Å². The van der Waals surface area contributed by atoms with Crippen molar-refractivity contribution in [3.8, 4) is 11.5 Å². The first-order valence-electron chi connectivity index (χ1n) is 10.1. The maximum atomic E-state index is 6.41. The number of halogens is 3. The van der Waals surface area contributed by atoms with Crippen molar-refractivity contribution in [3.05, 3.63) is 34.0 Å². The van der Waals surface area contributed by atoms with Crippen LogP contribution in [-0.4, -0.2) is 54.1 Å². The Morgan fingerprint density at radius 3 is 2.53 bits per heavy atom. The monoisotopic (exact) mass is 474 g/mol. The SMILES string of the molecule is COc1ccc(CN2CCC(N3C(Cl)=C(Cl)C(N)=NC3Cl)CC2)cc1OCC(C)C. The van der Waals surface area contributed by atoms with Crippen LogP contribution in [0.3, 0.4) is 0 Å². The van der Waals surface area contributed by atoms with Gasteiger partial charge in [0.15, 0.2) is 11.5 Å². The maximum Gasteiger partial charge on any atom is 0.201 e. The van der Waals surface area contributed by atoms with Gasteiger partial charge in [-0.25, -0.2) is 4.99 Å². The van der Waals surface area contributed by atoms with Crippen LogP contribution in [-0.2, 0) is 6.54 Å². The van der Waals surface area contributed by atoms with Crippen molar-refractivity contribution in [2.75, 3.05) is 26.8 Å². The first-order chi connectivity index (χ1) is 14.3. The summed E-state index contributed by atoms with van der Waals surface area (Å²) < 4.78 is 11.4. The lowest BCUT2D eigenvalue weighted by Gasteiger charge is -2.41. The third kappa shape index (κ3) is 5.47. The van der Waals surface area contributed by atoms with Gasteiger partial charge in [0.2, 0.25) is 5.62 Å². The molecule has 2 heterocycles. The molecular formula is C21H29Cl3N4O2. The van der Waals surface area contributed by atoms with Crippen molar-refractivity contribution >= 4 is 40.6 Å². The van der Waals surface area contributed by atoms with Gasteiger partial charge in [0.1, 0.15) is 16.0 Å². The Morgan fingerprint density at radius 1 is 1.20 bits per heavy atom. The van der Waals surface area contributed by atoms with E-state index in [4.69, 9.17) is 50.0 Å². The molecule has 1 aromatic rings. The van der Waals surface area contributed by atoms with E-state index in [1.54, 1.807) is 7.11 Å². The van der Waals surface area contributed by atoms with Gasteiger partial charge in [-0.3, -0.25) is 4.90 Å². The Kier molecular flexibility index (Phi) is 8.02. The highest BCUT2D eigenvalue weighted by atomic mass is 35.5. The van der Waals surface area contributed by atoms with E-state index in [0.29, 0.717) is 17.7 Å². The van der Waals surface area contributed by atoms with Crippen molar-refractivity contribution in [1.82, 2.24) is 9.80 Å². The summed E-state index contributed by atoms with van der Waals surface area (Å²) in [5, 5.41) is 0.646. The molecule has 0 spiro atoms. The van der Waals surface area contributed by atoms with Gasteiger partial charge in [0.05, 0.1) is 13.7 Å². The molecule has 0 radical (unpaired) electrons. The molecule has 2 N–H and O–H groups in total. The van der Waals surface area contributed by atoms with Gasteiger partial charge >= 0.3 is 0 Å². The number of aliphatic imine (C=N–C) groups is 1. The molecule has 3 rings (SSSR count). The van der Waals surface area contributed by atoms with Crippen LogP contribution < -0.4 is 15.2 Å². The number of ether oxygens (including phenoxy) is 2. The molecule has 0 saturated carbocycles. The fourth-order valence-corrected chi connectivity index (χ4v) is 4.57. The number of benzene rings is 1. The number of nitrogens with two attached hydrogens (primary N) is 1. The molecule has 2 aliphatic heterocycles. The summed E-state index contributed by atoms with van der Waals surface area (Å²) in [5.74, 6) is 2.19. The van der Waals surface area contributed by atoms with Crippen molar-refractivity contribution in [2.24, 2.45) is 16.6 Å². The van der Waals surface area contributed by atoms with E-state index in [0.717, 1.165) is 44.0 Å². The average Bonchev–Trinajstić information content (AvgIpc) is 2.72. The van der Waals surface area contributed by atoms with Crippen LogP contribution in [0.15, 0.2) is 33.4 Å². The van der Waals surface area contributed by atoms with Crippen molar-refractivity contribution in [2.45, 2.75) is 44.9 Å². The Bertz CT molecular complexity index is 807. The minimum absolute atomic E-state index is 0.169. The zero-order chi connectivity index (χ0) is 21.8. The number of likely N-dealkylation sites (tertiary alicyclic amines) is 1. The van der Waals surface area contributed by atoms with Crippen molar-refractivity contribution in [1.29, 1.82) is 0 Å². The summed E-state index contributed by atoms with van der Waals surface area (Å²) in [5.41, 5.74) is 6.33. The highest BCUT2D eigenvalue weighted by molar-refractivity contribution is 6.49. The van der Waals surface area contributed by atoms with Crippen LogP contribution in [0.25, 0.3) is 0 Å². The lowest BCUT2D eigenvalue weighted by atomic mass is 10.0. The summed E-state index contributed by atoms with van der Waals surface area (Å²) in [6.07, 6.45) is 1.82. The molecule has 0 aromatic heterocycles. The van der Waals surface area contributed by atoms with Gasteiger partial charge in [0, 0.05) is 25.7 Å². The van der Waals surface area contributed by atoms with Gasteiger partial charge in [-0.2, -0.15) is 0 Å². The zero-order valence-corrected chi connectivity index (χ0v) is 19.8. The predicted molar refractivity (Wildman–Crippen MR) is 123 cm³/mol. The lowest BCUT2D eigenvalue weighted by molar-refractivity contribution is 0.126. The van der Waals surface area contributed by atoms with E-state index in [2.05, 4.69) is 35.9 Å². The Hall–Kier alpha value is -1.34. The molecule has 0 amide bonds. The minimum Gasteiger partial charge on any atom is -0.493 e. The molecule has 0 aliphatic carbocycles. The third-order valence-corrected chi connectivity index (χ3v) is 6.43. The van der Waals surface area contributed by atoms with E-state index in [1.807, 2.05) is 11.0 Å². The highest BCUT2D eigenvalue weighted by Crippen LogP contribution is 2.34. The molecule has 30 heavy (non-hydrogen) atoms. The van der Waals surface area contributed by atoms with Gasteiger partial charge in [-0.15, -0.1) is 0 Å². The highest BCUT2D eigenvalue weighted by Gasteiger charge is 2.34. The number of piperidine rings is 1. The summed E-state index contributed by atoms with van der Waals surface area (Å²) in [6.45, 7) is 7.59. The molecule has 0 bridgehead atoms. The van der Waals surface area contributed by atoms with E-state index in [-0.39, 0.29) is 16.9 Å². The standard InChI is InChI=1S/C21H29Cl3N4O2/c1-13(2)12-30-17-10-14(4-5-16(17)29-3)11-27-8-6-15(7-9-27)28-19(23)18(22)20(25)26-21(28)24/h4-5,10,13,15,21H,6-9,11-12H2,1-3H3,(H2,25,26). The normalized spacial score (nSPS) is 21.2. The van der Waals surface area contributed by atoms with Crippen LogP contribution in [0.2, 0.25) is 0 Å². The molecule has 1 saturated heterocycles. The predicted octanol–water partition coefficient (Wildman–Crippen LogP) is 4.54. The number of hydrogen-bond donors (Lipinski definition) is 1. The number of hydrogen-bond acceptors (Lipinski definition) is 6. The lowest BCUT2D eigenvalue weighted by Crippen LogP contribution is -2.48. The van der Waals surface area contributed by atoms with Gasteiger partial charge in [-0.05, 0) is 36.5 Å². The van der Waals surface area contributed by atoms with E-state index in [1.165, 1.54) is 5.56 Å². The van der Waals surface area contributed by atoms with Crippen molar-refractivity contribution < 1.29 is 9.47 Å². The van der Waals surface area contributed by atoms with Crippen LogP contribution in [0, 0.1) is 5.92 Å². The Morgan fingerprint density at radius 2 is 1.90 bits per heavy atom. The second-order valence-electron chi connectivity index (χ2n) is 8.03. The fourth-order valence-electron chi connectivity index (χ4n) is 3.68. The topological polar surface area (TPSA) is 63.3 Å². The number of methoxy groups -OCH3 is 1. The van der Waals surface area contributed by atoms with Gasteiger partial charge in [-0.1, -0.05) is 54.7 Å². The van der Waals surface area contributed by atoms with Crippen LogP contribution in [0.1, 0.15) is 32.3 Å². The quantitative estimate of drug-likeness (QED) is 0.463. The molecule has 1 fully saturated rings. The number of nitrogens with zero attached hydrogens (tertiary/aromatic N) is 3. The first-order valence-corrected chi connectivity index (χ1v) is 11.3. The van der Waals surface area contributed by atoms with Crippen molar-refractivity contribution in [3.63, 3.8) is 0 Å². The van der Waals surface area contributed by atoms with E-state index < -0.39 is 5.62 Å². The second-order valence-corrected chi connectivity index (χ2v) is 9.16.